The Labute approximate surface area is 94.8 Å². The zero-order valence-corrected chi connectivity index (χ0v) is 9.86. The van der Waals surface area contributed by atoms with Crippen LogP contribution in [0.15, 0.2) is 10.5 Å². The molecule has 0 N–H and O–H groups in total. The van der Waals surface area contributed by atoms with Crippen LogP contribution in [0, 0.1) is 16.0 Å². The highest BCUT2D eigenvalue weighted by Crippen LogP contribution is 2.30. The molecular weight excluding hydrogens is 244 g/mol. The van der Waals surface area contributed by atoms with Crippen LogP contribution in [0.1, 0.15) is 6.92 Å². The molecule has 14 heavy (non-hydrogen) atoms. The van der Waals surface area contributed by atoms with Gasteiger partial charge in [0.15, 0.2) is 4.34 Å². The predicted molar refractivity (Wildman–Crippen MR) is 59.4 cm³/mol. The van der Waals surface area contributed by atoms with Crippen molar-refractivity contribution >= 4 is 39.7 Å². The number of rotatable bonds is 5. The average Bonchev–Trinajstić information content (AvgIpc) is 2.62. The number of thiazole rings is 1. The minimum Gasteiger partial charge on any atom is -0.257 e. The number of aromatic nitrogens is 1. The normalized spacial score (nSPS) is 12.7. The first-order chi connectivity index (χ1) is 6.63. The molecule has 1 aromatic heterocycles. The van der Waals surface area contributed by atoms with E-state index in [1.807, 2.05) is 6.92 Å². The third-order valence-corrected chi connectivity index (χ3v) is 4.37. The van der Waals surface area contributed by atoms with E-state index in [4.69, 9.17) is 11.6 Å². The van der Waals surface area contributed by atoms with Gasteiger partial charge in [-0.15, -0.1) is 11.6 Å². The fraction of sp³-hybridized carbons (Fsp3) is 0.571. The molecule has 1 aromatic rings. The average molecular weight is 253 g/mol. The molecule has 0 fully saturated rings. The van der Waals surface area contributed by atoms with E-state index in [-0.39, 0.29) is 5.00 Å². The lowest BCUT2D eigenvalue weighted by molar-refractivity contribution is -0.380. The van der Waals surface area contributed by atoms with Gasteiger partial charge in [-0.2, -0.15) is 0 Å². The molecule has 0 spiro atoms. The Kier molecular flexibility index (Phi) is 4.64. The molecule has 4 nitrogen and oxygen atoms in total. The monoisotopic (exact) mass is 252 g/mol. The van der Waals surface area contributed by atoms with Crippen molar-refractivity contribution in [3.63, 3.8) is 0 Å². The fourth-order valence-electron chi connectivity index (χ4n) is 0.659. The number of nitrogens with zero attached hydrogens (tertiary/aromatic N) is 2. The van der Waals surface area contributed by atoms with Crippen LogP contribution in [-0.4, -0.2) is 21.5 Å². The molecule has 7 heteroatoms. The maximum absolute atomic E-state index is 10.4. The summed E-state index contributed by atoms with van der Waals surface area (Å²) in [7, 11) is 0. The Morgan fingerprint density at radius 3 is 3.07 bits per heavy atom. The van der Waals surface area contributed by atoms with Crippen LogP contribution in [0.2, 0.25) is 0 Å². The summed E-state index contributed by atoms with van der Waals surface area (Å²) in [6, 6.07) is 0. The van der Waals surface area contributed by atoms with E-state index in [0.717, 1.165) is 21.4 Å². The molecule has 78 valence electrons. The number of halogens is 1. The summed E-state index contributed by atoms with van der Waals surface area (Å²) in [5.41, 5.74) is 0. The number of thioether (sulfide) groups is 1. The Morgan fingerprint density at radius 2 is 2.57 bits per heavy atom. The second-order valence-electron chi connectivity index (χ2n) is 2.79. The number of hydrogen-bond acceptors (Lipinski definition) is 5. The number of nitro groups is 1. The molecule has 0 aliphatic heterocycles. The van der Waals surface area contributed by atoms with Crippen LogP contribution >= 0.6 is 34.7 Å². The Balaban J connectivity index is 2.48. The van der Waals surface area contributed by atoms with Gasteiger partial charge in [0.25, 0.3) is 0 Å². The SMILES string of the molecule is CC(CCl)CSc1ncc([N+](=O)[O-])s1. The molecule has 0 saturated carbocycles. The smallest absolute Gasteiger partial charge is 0.257 e. The van der Waals surface area contributed by atoms with Crippen molar-refractivity contribution in [3.05, 3.63) is 16.3 Å². The molecule has 1 heterocycles. The zero-order valence-electron chi connectivity index (χ0n) is 7.47. The zero-order chi connectivity index (χ0) is 10.6. The molecule has 0 amide bonds. The highest BCUT2D eigenvalue weighted by molar-refractivity contribution is 8.01. The van der Waals surface area contributed by atoms with Gasteiger partial charge in [-0.1, -0.05) is 18.7 Å². The highest BCUT2D eigenvalue weighted by Gasteiger charge is 2.12. The van der Waals surface area contributed by atoms with E-state index in [1.54, 1.807) is 0 Å². The van der Waals surface area contributed by atoms with E-state index in [1.165, 1.54) is 18.0 Å². The summed E-state index contributed by atoms with van der Waals surface area (Å²) >= 11 is 8.25. The van der Waals surface area contributed by atoms with Crippen molar-refractivity contribution in [1.29, 1.82) is 0 Å². The van der Waals surface area contributed by atoms with Crippen molar-refractivity contribution in [3.8, 4) is 0 Å². The van der Waals surface area contributed by atoms with E-state index >= 15 is 0 Å². The van der Waals surface area contributed by atoms with Crippen molar-refractivity contribution in [2.24, 2.45) is 5.92 Å². The van der Waals surface area contributed by atoms with Crippen LogP contribution in [0.3, 0.4) is 0 Å². The van der Waals surface area contributed by atoms with Crippen LogP contribution in [0.4, 0.5) is 5.00 Å². The second-order valence-corrected chi connectivity index (χ2v) is 5.38. The van der Waals surface area contributed by atoms with Crippen LogP contribution in [-0.2, 0) is 0 Å². The lowest BCUT2D eigenvalue weighted by Gasteiger charge is -2.02. The molecule has 0 bridgehead atoms. The van der Waals surface area contributed by atoms with Crippen molar-refractivity contribution < 1.29 is 4.92 Å². The number of hydrogen-bond donors (Lipinski definition) is 0. The summed E-state index contributed by atoms with van der Waals surface area (Å²) in [6.07, 6.45) is 1.29. The van der Waals surface area contributed by atoms with Crippen molar-refractivity contribution in [1.82, 2.24) is 4.98 Å². The van der Waals surface area contributed by atoms with Gasteiger partial charge >= 0.3 is 5.00 Å². The maximum Gasteiger partial charge on any atom is 0.344 e. The molecule has 1 rings (SSSR count). The van der Waals surface area contributed by atoms with Crippen LogP contribution in [0.25, 0.3) is 0 Å². The molecule has 0 aliphatic rings. The standard InChI is InChI=1S/C7H9ClN2O2S2/c1-5(2-8)4-13-7-9-3-6(14-7)10(11)12/h3,5H,2,4H2,1H3. The quantitative estimate of drug-likeness (QED) is 0.350. The van der Waals surface area contributed by atoms with Gasteiger partial charge in [-0.25, -0.2) is 4.98 Å². The molecule has 0 aliphatic carbocycles. The van der Waals surface area contributed by atoms with Crippen LogP contribution in [0.5, 0.6) is 0 Å². The van der Waals surface area contributed by atoms with Gasteiger partial charge < -0.3 is 0 Å². The van der Waals surface area contributed by atoms with Crippen LogP contribution < -0.4 is 0 Å². The van der Waals surface area contributed by atoms with E-state index in [0.29, 0.717) is 11.8 Å². The van der Waals surface area contributed by atoms with Crippen molar-refractivity contribution in [2.45, 2.75) is 11.3 Å². The fourth-order valence-corrected chi connectivity index (χ4v) is 2.73. The lowest BCUT2D eigenvalue weighted by Crippen LogP contribution is -1.98. The van der Waals surface area contributed by atoms with E-state index < -0.39 is 4.92 Å². The van der Waals surface area contributed by atoms with Crippen molar-refractivity contribution in [2.75, 3.05) is 11.6 Å². The predicted octanol–water partition coefficient (Wildman–Crippen LogP) is 3.02. The molecular formula is C7H9ClN2O2S2. The largest absolute Gasteiger partial charge is 0.344 e. The van der Waals surface area contributed by atoms with Gasteiger partial charge in [0.05, 0.1) is 4.92 Å². The number of alkyl halides is 1. The second kappa shape index (κ2) is 5.53. The summed E-state index contributed by atoms with van der Waals surface area (Å²) in [4.78, 5) is 13.9. The summed E-state index contributed by atoms with van der Waals surface area (Å²) in [5, 5.41) is 10.4. The molecule has 0 aromatic carbocycles. The maximum atomic E-state index is 10.4. The molecule has 0 radical (unpaired) electrons. The minimum atomic E-state index is -0.424. The van der Waals surface area contributed by atoms with Gasteiger partial charge in [-0.3, -0.25) is 10.1 Å². The third kappa shape index (κ3) is 3.43. The summed E-state index contributed by atoms with van der Waals surface area (Å²) in [6.45, 7) is 2.03. The van der Waals surface area contributed by atoms with E-state index in [2.05, 4.69) is 4.98 Å². The highest BCUT2D eigenvalue weighted by atomic mass is 35.5. The summed E-state index contributed by atoms with van der Waals surface area (Å²) in [5.74, 6) is 1.83. The molecule has 1 atom stereocenters. The third-order valence-electron chi connectivity index (χ3n) is 1.41. The van der Waals surface area contributed by atoms with E-state index in [9.17, 15) is 10.1 Å². The first-order valence-electron chi connectivity index (χ1n) is 3.92. The van der Waals surface area contributed by atoms with Gasteiger partial charge in [0.2, 0.25) is 0 Å². The van der Waals surface area contributed by atoms with Gasteiger partial charge in [0.1, 0.15) is 6.20 Å². The minimum absolute atomic E-state index is 0.0889. The first kappa shape index (κ1) is 11.7. The summed E-state index contributed by atoms with van der Waals surface area (Å²) < 4.78 is 0.730. The first-order valence-corrected chi connectivity index (χ1v) is 6.26. The Bertz CT molecular complexity index is 318. The van der Waals surface area contributed by atoms with Gasteiger partial charge in [0, 0.05) is 11.6 Å². The molecule has 0 saturated heterocycles. The molecule has 1 unspecified atom stereocenters. The topological polar surface area (TPSA) is 56.0 Å². The Morgan fingerprint density at radius 1 is 1.86 bits per heavy atom. The van der Waals surface area contributed by atoms with Gasteiger partial charge in [-0.05, 0) is 17.3 Å². The Hall–Kier alpha value is -0.330. The lowest BCUT2D eigenvalue weighted by atomic mass is 10.3.